The van der Waals surface area contributed by atoms with Crippen LogP contribution in [0.5, 0.6) is 5.75 Å². The Morgan fingerprint density at radius 2 is 1.95 bits per heavy atom. The number of nitrogens with one attached hydrogen (secondary N) is 1. The van der Waals surface area contributed by atoms with Crippen LogP contribution in [0.1, 0.15) is 36.1 Å². The summed E-state index contributed by atoms with van der Waals surface area (Å²) >= 11 is 3.39. The molecule has 0 aromatic heterocycles. The van der Waals surface area contributed by atoms with E-state index in [1.54, 1.807) is 13.8 Å². The molecule has 1 atom stereocenters. The summed E-state index contributed by atoms with van der Waals surface area (Å²) in [7, 11) is 1.48. The number of alkyl halides is 3. The average molecular weight is 354 g/mol. The van der Waals surface area contributed by atoms with Crippen LogP contribution in [-0.4, -0.2) is 19.8 Å². The molecule has 0 aliphatic rings. The standard InChI is InChI=1S/C14H19BrF3NO/c1-5-19-11(7-14(16,17)18)12-9(3)10(15)6-8(2)13(12)20-4/h6,11,19H,5,7H2,1-4H3. The number of rotatable bonds is 5. The summed E-state index contributed by atoms with van der Waals surface area (Å²) in [6, 6.07) is 1.04. The molecule has 0 aliphatic heterocycles. The number of hydrogen-bond acceptors (Lipinski definition) is 2. The summed E-state index contributed by atoms with van der Waals surface area (Å²) in [5.41, 5.74) is 2.14. The van der Waals surface area contributed by atoms with E-state index in [9.17, 15) is 13.2 Å². The Morgan fingerprint density at radius 1 is 1.35 bits per heavy atom. The molecular weight excluding hydrogens is 335 g/mol. The molecule has 0 saturated carbocycles. The summed E-state index contributed by atoms with van der Waals surface area (Å²) in [4.78, 5) is 0. The molecule has 0 saturated heterocycles. The first-order valence-electron chi connectivity index (χ1n) is 6.35. The Bertz CT molecular complexity index is 474. The van der Waals surface area contributed by atoms with E-state index in [1.807, 2.05) is 13.0 Å². The van der Waals surface area contributed by atoms with Crippen molar-refractivity contribution in [2.75, 3.05) is 13.7 Å². The second kappa shape index (κ2) is 6.80. The van der Waals surface area contributed by atoms with E-state index in [2.05, 4.69) is 21.2 Å². The second-order valence-electron chi connectivity index (χ2n) is 4.68. The number of ether oxygens (including phenoxy) is 1. The van der Waals surface area contributed by atoms with E-state index >= 15 is 0 Å². The lowest BCUT2D eigenvalue weighted by Gasteiger charge is -2.25. The lowest BCUT2D eigenvalue weighted by Crippen LogP contribution is -2.28. The number of methoxy groups -OCH3 is 1. The van der Waals surface area contributed by atoms with E-state index in [-0.39, 0.29) is 0 Å². The summed E-state index contributed by atoms with van der Waals surface area (Å²) in [6.45, 7) is 5.86. The van der Waals surface area contributed by atoms with Crippen molar-refractivity contribution in [3.8, 4) is 5.75 Å². The highest BCUT2D eigenvalue weighted by Crippen LogP contribution is 2.40. The maximum Gasteiger partial charge on any atom is 0.390 e. The number of halogens is 4. The number of aryl methyl sites for hydroxylation is 1. The molecule has 0 amide bonds. The molecular formula is C14H19BrF3NO. The van der Waals surface area contributed by atoms with Gasteiger partial charge in [-0.05, 0) is 37.6 Å². The largest absolute Gasteiger partial charge is 0.496 e. The van der Waals surface area contributed by atoms with Gasteiger partial charge in [0.05, 0.1) is 13.5 Å². The van der Waals surface area contributed by atoms with E-state index in [0.717, 1.165) is 15.6 Å². The molecule has 0 fully saturated rings. The monoisotopic (exact) mass is 353 g/mol. The van der Waals surface area contributed by atoms with Crippen molar-refractivity contribution in [2.24, 2.45) is 0 Å². The third-order valence-corrected chi connectivity index (χ3v) is 3.97. The van der Waals surface area contributed by atoms with Gasteiger partial charge in [-0.3, -0.25) is 0 Å². The molecule has 1 N–H and O–H groups in total. The van der Waals surface area contributed by atoms with Crippen molar-refractivity contribution in [2.45, 2.75) is 39.4 Å². The first-order valence-corrected chi connectivity index (χ1v) is 7.14. The van der Waals surface area contributed by atoms with Crippen LogP contribution in [0.25, 0.3) is 0 Å². The minimum absolute atomic E-state index is 0.453. The topological polar surface area (TPSA) is 21.3 Å². The van der Waals surface area contributed by atoms with Gasteiger partial charge in [0.1, 0.15) is 5.75 Å². The Balaban J connectivity index is 3.38. The molecule has 2 nitrogen and oxygen atoms in total. The van der Waals surface area contributed by atoms with Crippen LogP contribution in [0.3, 0.4) is 0 Å². The highest BCUT2D eigenvalue weighted by molar-refractivity contribution is 9.10. The zero-order valence-electron chi connectivity index (χ0n) is 12.0. The van der Waals surface area contributed by atoms with Crippen LogP contribution in [-0.2, 0) is 0 Å². The van der Waals surface area contributed by atoms with Gasteiger partial charge in [-0.15, -0.1) is 0 Å². The first kappa shape index (κ1) is 17.3. The summed E-state index contributed by atoms with van der Waals surface area (Å²) < 4.78 is 44.5. The molecule has 20 heavy (non-hydrogen) atoms. The van der Waals surface area contributed by atoms with Crippen LogP contribution in [0.15, 0.2) is 10.5 Å². The molecule has 0 heterocycles. The average Bonchev–Trinajstić information content (AvgIpc) is 2.31. The molecule has 1 rings (SSSR count). The van der Waals surface area contributed by atoms with Crippen molar-refractivity contribution in [3.63, 3.8) is 0 Å². The fourth-order valence-corrected chi connectivity index (χ4v) is 2.88. The lowest BCUT2D eigenvalue weighted by molar-refractivity contribution is -0.140. The van der Waals surface area contributed by atoms with Crippen LogP contribution in [0.4, 0.5) is 13.2 Å². The molecule has 0 radical (unpaired) electrons. The van der Waals surface area contributed by atoms with Gasteiger partial charge in [-0.2, -0.15) is 13.2 Å². The fourth-order valence-electron chi connectivity index (χ4n) is 2.32. The predicted octanol–water partition coefficient (Wildman–Crippen LogP) is 4.68. The zero-order chi connectivity index (χ0) is 15.5. The third kappa shape index (κ3) is 4.12. The van der Waals surface area contributed by atoms with Gasteiger partial charge in [0.2, 0.25) is 0 Å². The molecule has 1 unspecified atom stereocenters. The van der Waals surface area contributed by atoms with E-state index in [4.69, 9.17) is 4.74 Å². The van der Waals surface area contributed by atoms with Gasteiger partial charge in [0.25, 0.3) is 0 Å². The van der Waals surface area contributed by atoms with Gasteiger partial charge < -0.3 is 10.1 Å². The predicted molar refractivity (Wildman–Crippen MR) is 77.3 cm³/mol. The van der Waals surface area contributed by atoms with Crippen molar-refractivity contribution >= 4 is 15.9 Å². The van der Waals surface area contributed by atoms with Crippen LogP contribution in [0, 0.1) is 13.8 Å². The van der Waals surface area contributed by atoms with Crippen molar-refractivity contribution < 1.29 is 17.9 Å². The Hall–Kier alpha value is -0.750. The van der Waals surface area contributed by atoms with Crippen LogP contribution in [0.2, 0.25) is 0 Å². The van der Waals surface area contributed by atoms with Gasteiger partial charge in [0, 0.05) is 16.1 Å². The number of benzene rings is 1. The SMILES string of the molecule is CCNC(CC(F)(F)F)c1c(C)c(Br)cc(C)c1OC. The maximum absolute atomic E-state index is 12.8. The van der Waals surface area contributed by atoms with Crippen molar-refractivity contribution in [1.82, 2.24) is 5.32 Å². The molecule has 6 heteroatoms. The molecule has 0 aliphatic carbocycles. The molecule has 0 spiro atoms. The van der Waals surface area contributed by atoms with E-state index in [1.165, 1.54) is 7.11 Å². The third-order valence-electron chi connectivity index (χ3n) is 3.15. The Labute approximate surface area is 125 Å². The van der Waals surface area contributed by atoms with Gasteiger partial charge in [-0.25, -0.2) is 0 Å². The normalized spacial score (nSPS) is 13.4. The lowest BCUT2D eigenvalue weighted by atomic mass is 9.95. The second-order valence-corrected chi connectivity index (χ2v) is 5.53. The molecule has 1 aromatic rings. The zero-order valence-corrected chi connectivity index (χ0v) is 13.6. The molecule has 0 bridgehead atoms. The quantitative estimate of drug-likeness (QED) is 0.829. The molecule has 114 valence electrons. The van der Waals surface area contributed by atoms with Crippen molar-refractivity contribution in [1.29, 1.82) is 0 Å². The summed E-state index contributed by atoms with van der Waals surface area (Å²) in [5, 5.41) is 2.90. The van der Waals surface area contributed by atoms with Gasteiger partial charge in [-0.1, -0.05) is 22.9 Å². The van der Waals surface area contributed by atoms with Gasteiger partial charge in [0.15, 0.2) is 0 Å². The highest BCUT2D eigenvalue weighted by atomic mass is 79.9. The summed E-state index contributed by atoms with van der Waals surface area (Å²) in [6.07, 6.45) is -5.16. The van der Waals surface area contributed by atoms with Crippen LogP contribution < -0.4 is 10.1 Å². The summed E-state index contributed by atoms with van der Waals surface area (Å²) in [5.74, 6) is 0.515. The van der Waals surface area contributed by atoms with Crippen LogP contribution >= 0.6 is 15.9 Å². The Kier molecular flexibility index (Phi) is 5.89. The van der Waals surface area contributed by atoms with E-state index in [0.29, 0.717) is 17.9 Å². The first-order chi connectivity index (χ1) is 9.21. The maximum atomic E-state index is 12.8. The molecule has 1 aromatic carbocycles. The smallest absolute Gasteiger partial charge is 0.390 e. The van der Waals surface area contributed by atoms with E-state index < -0.39 is 18.6 Å². The fraction of sp³-hybridized carbons (Fsp3) is 0.571. The van der Waals surface area contributed by atoms with Gasteiger partial charge >= 0.3 is 6.18 Å². The Morgan fingerprint density at radius 3 is 2.40 bits per heavy atom. The number of hydrogen-bond donors (Lipinski definition) is 1. The minimum Gasteiger partial charge on any atom is -0.496 e. The minimum atomic E-state index is -4.24. The van der Waals surface area contributed by atoms with Crippen molar-refractivity contribution in [3.05, 3.63) is 27.2 Å². The highest BCUT2D eigenvalue weighted by Gasteiger charge is 2.34.